The zero-order valence-corrected chi connectivity index (χ0v) is 25.4. The molecule has 8 rings (SSSR count). The Balaban J connectivity index is 1.53. The van der Waals surface area contributed by atoms with Gasteiger partial charge >= 0.3 is 0 Å². The van der Waals surface area contributed by atoms with Crippen molar-refractivity contribution in [3.8, 4) is 0 Å². The molecule has 228 valence electrons. The predicted molar refractivity (Wildman–Crippen MR) is 178 cm³/mol. The third-order valence-corrected chi connectivity index (χ3v) is 10.2. The van der Waals surface area contributed by atoms with Crippen molar-refractivity contribution >= 4 is 40.1 Å². The van der Waals surface area contributed by atoms with Crippen LogP contribution >= 0.6 is 0 Å². The number of fused-ring (bicyclic) bond motifs is 5. The van der Waals surface area contributed by atoms with E-state index in [2.05, 4.69) is 0 Å². The first-order valence-corrected chi connectivity index (χ1v) is 15.5. The Labute approximate surface area is 270 Å². The third kappa shape index (κ3) is 3.59. The molecule has 0 unspecified atom stereocenters. The van der Waals surface area contributed by atoms with Gasteiger partial charge in [-0.05, 0) is 46.4 Å². The SMILES string of the molecule is Cc1ccc(N2C(=O)[C@@H]3[C@H](C2=O)[C@@]2(c4ccccc4)C(=O)[C@@]3(c3ccccc3)C(c3ccccc3)=C2c2ccccc2)cc1[N+](=O)[O-]. The highest BCUT2D eigenvalue weighted by molar-refractivity contribution is 6.39. The van der Waals surface area contributed by atoms with Gasteiger partial charge < -0.3 is 0 Å². The largest absolute Gasteiger partial charge is 0.297 e. The van der Waals surface area contributed by atoms with Gasteiger partial charge in [0.15, 0.2) is 5.78 Å². The van der Waals surface area contributed by atoms with E-state index in [0.29, 0.717) is 27.8 Å². The van der Waals surface area contributed by atoms with Crippen LogP contribution in [0, 0.1) is 28.9 Å². The maximum atomic E-state index is 15.9. The molecule has 47 heavy (non-hydrogen) atoms. The smallest absolute Gasteiger partial charge is 0.274 e. The summed E-state index contributed by atoms with van der Waals surface area (Å²) >= 11 is 0. The van der Waals surface area contributed by atoms with Crippen LogP contribution in [-0.2, 0) is 25.2 Å². The Kier molecular flexibility index (Phi) is 6.24. The van der Waals surface area contributed by atoms with Gasteiger partial charge in [0.1, 0.15) is 0 Å². The number of hydrogen-bond donors (Lipinski definition) is 0. The highest BCUT2D eigenvalue weighted by Crippen LogP contribution is 2.74. The molecule has 2 amide bonds. The zero-order chi connectivity index (χ0) is 32.5. The van der Waals surface area contributed by atoms with E-state index in [1.165, 1.54) is 6.07 Å². The molecule has 7 nitrogen and oxygen atoms in total. The number of imide groups is 1. The number of benzene rings is 5. The summed E-state index contributed by atoms with van der Waals surface area (Å²) in [6.07, 6.45) is 0. The predicted octanol–water partition coefficient (Wildman–Crippen LogP) is 7.09. The highest BCUT2D eigenvalue weighted by Gasteiger charge is 2.82. The lowest BCUT2D eigenvalue weighted by molar-refractivity contribution is -0.385. The number of ketones is 1. The van der Waals surface area contributed by atoms with Crippen LogP contribution in [0.3, 0.4) is 0 Å². The maximum Gasteiger partial charge on any atom is 0.274 e. The lowest BCUT2D eigenvalue weighted by Gasteiger charge is -2.39. The number of nitrogens with zero attached hydrogens (tertiary/aromatic N) is 2. The highest BCUT2D eigenvalue weighted by atomic mass is 16.6. The molecular formula is C40H28N2O5. The van der Waals surface area contributed by atoms with Crippen molar-refractivity contribution in [1.82, 2.24) is 0 Å². The van der Waals surface area contributed by atoms with E-state index in [1.807, 2.05) is 121 Å². The number of rotatable bonds is 6. The van der Waals surface area contributed by atoms with E-state index in [9.17, 15) is 10.1 Å². The average Bonchev–Trinajstić information content (AvgIpc) is 3.62. The molecule has 2 bridgehead atoms. The second kappa shape index (κ2) is 10.3. The van der Waals surface area contributed by atoms with E-state index in [4.69, 9.17) is 0 Å². The molecule has 1 heterocycles. The standard InChI is InChI=1S/C40H28N2O5/c1-25-22-23-30(24-31(25)42(46)47)41-36(43)34-35(37(41)44)40(29-20-12-5-13-21-29)33(27-16-8-3-9-17-27)32(26-14-6-2-7-15-26)39(34,38(40)45)28-18-10-4-11-19-28/h2-24,34-35H,1H3/t34-,35+,39-,40-/m0/s1. The van der Waals surface area contributed by atoms with Gasteiger partial charge in [0.2, 0.25) is 11.8 Å². The minimum atomic E-state index is -1.54. The Morgan fingerprint density at radius 3 is 1.40 bits per heavy atom. The van der Waals surface area contributed by atoms with Crippen molar-refractivity contribution in [3.05, 3.63) is 177 Å². The van der Waals surface area contributed by atoms with E-state index < -0.39 is 39.4 Å². The number of allylic oxidation sites excluding steroid dienone is 2. The summed E-state index contributed by atoms with van der Waals surface area (Å²) in [5, 5.41) is 11.9. The lowest BCUT2D eigenvalue weighted by atomic mass is 9.59. The number of aryl methyl sites for hydroxylation is 1. The Morgan fingerprint density at radius 1 is 0.596 bits per heavy atom. The lowest BCUT2D eigenvalue weighted by Crippen LogP contribution is -2.45. The van der Waals surface area contributed by atoms with E-state index in [1.54, 1.807) is 19.1 Å². The van der Waals surface area contributed by atoms with E-state index in [0.717, 1.165) is 16.0 Å². The number of hydrogen-bond acceptors (Lipinski definition) is 5. The van der Waals surface area contributed by atoms with Gasteiger partial charge in [-0.2, -0.15) is 0 Å². The molecule has 4 atom stereocenters. The molecule has 5 aromatic rings. The van der Waals surface area contributed by atoms with Gasteiger partial charge in [0, 0.05) is 11.6 Å². The molecule has 1 saturated carbocycles. The van der Waals surface area contributed by atoms with Crippen LogP contribution in [0.1, 0.15) is 27.8 Å². The maximum absolute atomic E-state index is 15.9. The number of carbonyl (C=O) groups excluding carboxylic acids is 3. The van der Waals surface area contributed by atoms with Crippen molar-refractivity contribution in [1.29, 1.82) is 0 Å². The van der Waals surface area contributed by atoms with E-state index in [-0.39, 0.29) is 17.2 Å². The fourth-order valence-electron chi connectivity index (χ4n) is 8.52. The number of anilines is 1. The van der Waals surface area contributed by atoms with Crippen molar-refractivity contribution in [2.45, 2.75) is 17.8 Å². The normalized spacial score (nSPS) is 24.6. The Bertz CT molecular complexity index is 2030. The second-order valence-corrected chi connectivity index (χ2v) is 12.4. The van der Waals surface area contributed by atoms with Crippen molar-refractivity contribution in [2.24, 2.45) is 11.8 Å². The monoisotopic (exact) mass is 616 g/mol. The first-order valence-electron chi connectivity index (χ1n) is 15.5. The molecule has 1 aliphatic heterocycles. The molecule has 2 fully saturated rings. The molecule has 0 spiro atoms. The number of Topliss-reactive ketones (excluding diaryl/α,β-unsaturated/α-hetero) is 1. The zero-order valence-electron chi connectivity index (χ0n) is 25.4. The molecule has 5 aromatic carbocycles. The van der Waals surface area contributed by atoms with Gasteiger partial charge in [0.05, 0.1) is 33.3 Å². The fraction of sp³-hybridized carbons (Fsp3) is 0.125. The van der Waals surface area contributed by atoms with Crippen LogP contribution in [0.25, 0.3) is 11.1 Å². The van der Waals surface area contributed by atoms with Crippen LogP contribution in [0.15, 0.2) is 140 Å². The molecule has 0 N–H and O–H groups in total. The Hall–Kier alpha value is -5.95. The van der Waals surface area contributed by atoms with Gasteiger partial charge in [-0.15, -0.1) is 0 Å². The Morgan fingerprint density at radius 2 is 1.00 bits per heavy atom. The van der Waals surface area contributed by atoms with Crippen LogP contribution in [-0.4, -0.2) is 22.5 Å². The van der Waals surface area contributed by atoms with Crippen molar-refractivity contribution in [3.63, 3.8) is 0 Å². The second-order valence-electron chi connectivity index (χ2n) is 12.4. The molecule has 0 radical (unpaired) electrons. The molecule has 0 aromatic heterocycles. The summed E-state index contributed by atoms with van der Waals surface area (Å²) in [5.74, 6) is -3.52. The van der Waals surface area contributed by atoms with Crippen molar-refractivity contribution in [2.75, 3.05) is 4.90 Å². The first-order chi connectivity index (χ1) is 22.8. The molecule has 3 aliphatic rings. The number of carbonyl (C=O) groups is 3. The molecule has 7 heteroatoms. The minimum Gasteiger partial charge on any atom is -0.297 e. The summed E-state index contributed by atoms with van der Waals surface area (Å²) in [6, 6.07) is 42.2. The number of nitro groups is 1. The topological polar surface area (TPSA) is 97.6 Å². The summed E-state index contributed by atoms with van der Waals surface area (Å²) in [6.45, 7) is 1.61. The van der Waals surface area contributed by atoms with Gasteiger partial charge in [-0.25, -0.2) is 4.90 Å². The summed E-state index contributed by atoms with van der Waals surface area (Å²) < 4.78 is 0. The molecule has 1 saturated heterocycles. The van der Waals surface area contributed by atoms with Crippen LogP contribution < -0.4 is 4.90 Å². The molecule has 2 aliphatic carbocycles. The quantitative estimate of drug-likeness (QED) is 0.115. The molecular weight excluding hydrogens is 588 g/mol. The third-order valence-electron chi connectivity index (χ3n) is 10.2. The van der Waals surface area contributed by atoms with E-state index >= 15 is 14.4 Å². The van der Waals surface area contributed by atoms with Gasteiger partial charge in [0.25, 0.3) is 5.69 Å². The fourth-order valence-corrected chi connectivity index (χ4v) is 8.52. The van der Waals surface area contributed by atoms with Gasteiger partial charge in [-0.3, -0.25) is 24.5 Å². The first kappa shape index (κ1) is 28.5. The summed E-state index contributed by atoms with van der Waals surface area (Å²) in [7, 11) is 0. The number of amides is 2. The summed E-state index contributed by atoms with van der Waals surface area (Å²) in [4.78, 5) is 58.4. The minimum absolute atomic E-state index is 0.118. The van der Waals surface area contributed by atoms with Crippen LogP contribution in [0.2, 0.25) is 0 Å². The average molecular weight is 617 g/mol. The number of nitro benzene ring substituents is 1. The van der Waals surface area contributed by atoms with Crippen LogP contribution in [0.4, 0.5) is 11.4 Å². The van der Waals surface area contributed by atoms with Gasteiger partial charge in [-0.1, -0.05) is 127 Å². The van der Waals surface area contributed by atoms with Crippen molar-refractivity contribution < 1.29 is 19.3 Å². The summed E-state index contributed by atoms with van der Waals surface area (Å²) in [5.41, 5.74) is 1.48. The van der Waals surface area contributed by atoms with Crippen LogP contribution in [0.5, 0.6) is 0 Å².